The first-order valence-corrected chi connectivity index (χ1v) is 9.68. The normalized spacial score (nSPS) is 13.6. The van der Waals surface area contributed by atoms with Gasteiger partial charge in [0.25, 0.3) is 0 Å². The third kappa shape index (κ3) is 5.00. The van der Waals surface area contributed by atoms with Gasteiger partial charge in [0.1, 0.15) is 12.2 Å². The van der Waals surface area contributed by atoms with E-state index in [0.717, 1.165) is 48.2 Å². The highest BCUT2D eigenvalue weighted by Gasteiger charge is 2.11. The lowest BCUT2D eigenvalue weighted by atomic mass is 10.0. The highest BCUT2D eigenvalue weighted by molar-refractivity contribution is 6.04. The Bertz CT molecular complexity index is 969. The summed E-state index contributed by atoms with van der Waals surface area (Å²) < 4.78 is 2.04. The zero-order chi connectivity index (χ0) is 19.8. The van der Waals surface area contributed by atoms with Crippen molar-refractivity contribution in [3.05, 3.63) is 72.5 Å². The SMILES string of the molecule is C=N/C=C(C)\C(=N/CC(C)CCCc1ccncc1)n1cnc2ccccc21. The van der Waals surface area contributed by atoms with Crippen molar-refractivity contribution in [2.75, 3.05) is 6.54 Å². The fourth-order valence-corrected chi connectivity index (χ4v) is 3.25. The molecule has 144 valence electrons. The summed E-state index contributed by atoms with van der Waals surface area (Å²) in [4.78, 5) is 17.4. The highest BCUT2D eigenvalue weighted by Crippen LogP contribution is 2.16. The van der Waals surface area contributed by atoms with Gasteiger partial charge in [-0.05, 0) is 68.7 Å². The Balaban J connectivity index is 1.71. The summed E-state index contributed by atoms with van der Waals surface area (Å²) in [6.07, 6.45) is 10.6. The summed E-state index contributed by atoms with van der Waals surface area (Å²) in [6, 6.07) is 12.3. The zero-order valence-electron chi connectivity index (χ0n) is 16.6. The van der Waals surface area contributed by atoms with Crippen LogP contribution in [0.3, 0.4) is 0 Å². The third-order valence-corrected chi connectivity index (χ3v) is 4.78. The Labute approximate surface area is 166 Å². The Morgan fingerprint density at radius 3 is 2.79 bits per heavy atom. The molecule has 28 heavy (non-hydrogen) atoms. The maximum absolute atomic E-state index is 4.93. The van der Waals surface area contributed by atoms with Gasteiger partial charge >= 0.3 is 0 Å². The minimum Gasteiger partial charge on any atom is -0.283 e. The Morgan fingerprint density at radius 2 is 2.00 bits per heavy atom. The molecule has 5 heteroatoms. The number of aliphatic imine (C=N–C) groups is 2. The van der Waals surface area contributed by atoms with Gasteiger partial charge in [0.2, 0.25) is 0 Å². The second-order valence-electron chi connectivity index (χ2n) is 7.12. The number of aryl methyl sites for hydroxylation is 1. The van der Waals surface area contributed by atoms with Crippen molar-refractivity contribution in [1.29, 1.82) is 0 Å². The molecule has 2 aromatic heterocycles. The minimum atomic E-state index is 0.496. The van der Waals surface area contributed by atoms with Crippen molar-refractivity contribution < 1.29 is 0 Å². The van der Waals surface area contributed by atoms with Crippen LogP contribution in [0.15, 0.2) is 76.9 Å². The molecule has 5 nitrogen and oxygen atoms in total. The van der Waals surface area contributed by atoms with Crippen molar-refractivity contribution in [3.63, 3.8) is 0 Å². The van der Waals surface area contributed by atoms with Gasteiger partial charge in [-0.3, -0.25) is 19.5 Å². The number of imidazole rings is 1. The Morgan fingerprint density at radius 1 is 1.21 bits per heavy atom. The number of pyridine rings is 1. The number of nitrogens with zero attached hydrogens (tertiary/aromatic N) is 5. The van der Waals surface area contributed by atoms with Gasteiger partial charge in [-0.1, -0.05) is 19.1 Å². The molecule has 0 spiro atoms. The van der Waals surface area contributed by atoms with E-state index in [1.807, 2.05) is 48.4 Å². The van der Waals surface area contributed by atoms with E-state index in [-0.39, 0.29) is 0 Å². The fraction of sp³-hybridized carbons (Fsp3) is 0.304. The van der Waals surface area contributed by atoms with Crippen LogP contribution < -0.4 is 0 Å². The van der Waals surface area contributed by atoms with Gasteiger partial charge < -0.3 is 0 Å². The van der Waals surface area contributed by atoms with Crippen molar-refractivity contribution in [3.8, 4) is 0 Å². The third-order valence-electron chi connectivity index (χ3n) is 4.78. The van der Waals surface area contributed by atoms with E-state index >= 15 is 0 Å². The molecule has 0 aliphatic rings. The van der Waals surface area contributed by atoms with Crippen LogP contribution in [0.1, 0.15) is 32.3 Å². The first-order valence-electron chi connectivity index (χ1n) is 9.68. The number of para-hydroxylation sites is 2. The second kappa shape index (κ2) is 9.74. The number of hydrogen-bond donors (Lipinski definition) is 0. The highest BCUT2D eigenvalue weighted by atomic mass is 15.1. The molecule has 2 heterocycles. The molecule has 3 aromatic rings. The predicted molar refractivity (Wildman–Crippen MR) is 117 cm³/mol. The van der Waals surface area contributed by atoms with Gasteiger partial charge in [0, 0.05) is 30.7 Å². The molecule has 0 amide bonds. The second-order valence-corrected chi connectivity index (χ2v) is 7.12. The van der Waals surface area contributed by atoms with Crippen LogP contribution in [0.25, 0.3) is 11.0 Å². The number of benzene rings is 1. The molecule has 0 saturated heterocycles. The molecule has 0 saturated carbocycles. The van der Waals surface area contributed by atoms with Crippen molar-refractivity contribution >= 4 is 23.6 Å². The van der Waals surface area contributed by atoms with Crippen LogP contribution in [0.5, 0.6) is 0 Å². The lowest BCUT2D eigenvalue weighted by Gasteiger charge is -2.13. The van der Waals surface area contributed by atoms with Gasteiger partial charge in [0.05, 0.1) is 11.0 Å². The number of rotatable bonds is 8. The summed E-state index contributed by atoms with van der Waals surface area (Å²) in [5, 5.41) is 0. The fourth-order valence-electron chi connectivity index (χ4n) is 3.25. The molecular weight excluding hydrogens is 346 g/mol. The summed E-state index contributed by atoms with van der Waals surface area (Å²) in [5.41, 5.74) is 4.32. The molecule has 1 atom stereocenters. The molecule has 3 rings (SSSR count). The maximum Gasteiger partial charge on any atom is 0.137 e. The van der Waals surface area contributed by atoms with Gasteiger partial charge in [-0.25, -0.2) is 4.98 Å². The Kier molecular flexibility index (Phi) is 6.84. The van der Waals surface area contributed by atoms with E-state index in [0.29, 0.717) is 5.92 Å². The largest absolute Gasteiger partial charge is 0.283 e. The smallest absolute Gasteiger partial charge is 0.137 e. The summed E-state index contributed by atoms with van der Waals surface area (Å²) in [7, 11) is 0. The molecule has 0 fully saturated rings. The Hall–Kier alpha value is -3.08. The number of allylic oxidation sites excluding steroid dienone is 1. The van der Waals surface area contributed by atoms with Gasteiger partial charge in [-0.15, -0.1) is 0 Å². The summed E-state index contributed by atoms with van der Waals surface area (Å²) >= 11 is 0. The molecule has 0 bridgehead atoms. The van der Waals surface area contributed by atoms with Crippen LogP contribution in [-0.2, 0) is 6.42 Å². The monoisotopic (exact) mass is 373 g/mol. The molecule has 1 aromatic carbocycles. The summed E-state index contributed by atoms with van der Waals surface area (Å²) in [5.74, 6) is 1.37. The van der Waals surface area contributed by atoms with Crippen molar-refractivity contribution in [1.82, 2.24) is 14.5 Å². The standard InChI is InChI=1S/C23H27N5/c1-18(7-6-8-20-11-13-25-14-12-20)15-26-23(19(2)16-24-3)28-17-27-21-9-4-5-10-22(21)28/h4-5,9-14,16-18H,3,6-8,15H2,1-2H3/b19-16-,26-23+. The van der Waals surface area contributed by atoms with E-state index in [1.165, 1.54) is 5.56 Å². The van der Waals surface area contributed by atoms with Crippen molar-refractivity contribution in [2.24, 2.45) is 15.9 Å². The topological polar surface area (TPSA) is 55.4 Å². The number of hydrogen-bond acceptors (Lipinski definition) is 4. The first-order chi connectivity index (χ1) is 13.7. The first kappa shape index (κ1) is 19.7. The van der Waals surface area contributed by atoms with Crippen LogP contribution in [0.4, 0.5) is 0 Å². The molecular formula is C23H27N5. The van der Waals surface area contributed by atoms with Gasteiger partial charge in [0.15, 0.2) is 0 Å². The lowest BCUT2D eigenvalue weighted by Crippen LogP contribution is -2.15. The average molecular weight is 374 g/mol. The predicted octanol–water partition coefficient (Wildman–Crippen LogP) is 4.94. The quantitative estimate of drug-likeness (QED) is 0.415. The molecule has 0 aliphatic heterocycles. The van der Waals surface area contributed by atoms with Crippen LogP contribution in [0, 0.1) is 5.92 Å². The lowest BCUT2D eigenvalue weighted by molar-refractivity contribution is 0.521. The zero-order valence-corrected chi connectivity index (χ0v) is 16.6. The molecule has 0 aliphatic carbocycles. The van der Waals surface area contributed by atoms with Crippen LogP contribution >= 0.6 is 0 Å². The number of aromatic nitrogens is 3. The van der Waals surface area contributed by atoms with Crippen molar-refractivity contribution in [2.45, 2.75) is 33.1 Å². The van der Waals surface area contributed by atoms with Crippen LogP contribution in [-0.4, -0.2) is 33.6 Å². The number of fused-ring (bicyclic) bond motifs is 1. The molecule has 0 N–H and O–H groups in total. The maximum atomic E-state index is 4.93. The van der Waals surface area contributed by atoms with E-state index in [1.54, 1.807) is 6.20 Å². The summed E-state index contributed by atoms with van der Waals surface area (Å²) in [6.45, 7) is 8.61. The van der Waals surface area contributed by atoms with E-state index < -0.39 is 0 Å². The average Bonchev–Trinajstić information content (AvgIpc) is 3.13. The van der Waals surface area contributed by atoms with Gasteiger partial charge in [-0.2, -0.15) is 0 Å². The van der Waals surface area contributed by atoms with E-state index in [4.69, 9.17) is 4.99 Å². The molecule has 0 radical (unpaired) electrons. The minimum absolute atomic E-state index is 0.496. The van der Waals surface area contributed by atoms with E-state index in [9.17, 15) is 0 Å². The molecule has 1 unspecified atom stereocenters. The van der Waals surface area contributed by atoms with Crippen LogP contribution in [0.2, 0.25) is 0 Å². The van der Waals surface area contributed by atoms with E-state index in [2.05, 4.69) is 46.8 Å².